The van der Waals surface area contributed by atoms with Crippen LogP contribution in [0.25, 0.3) is 190 Å². The average molecular weight is 1970 g/mol. The van der Waals surface area contributed by atoms with E-state index in [2.05, 4.69) is 512 Å². The van der Waals surface area contributed by atoms with E-state index in [1.165, 1.54) is 268 Å². The summed E-state index contributed by atoms with van der Waals surface area (Å²) in [5.41, 5.74) is 34.9. The summed E-state index contributed by atoms with van der Waals surface area (Å²) in [6, 6.07) is 164. The van der Waals surface area contributed by atoms with Gasteiger partial charge in [0.2, 0.25) is 0 Å². The van der Waals surface area contributed by atoms with E-state index in [1.54, 1.807) is 0 Å². The largest absolute Gasteiger partial charge is 0.309 e. The van der Waals surface area contributed by atoms with E-state index in [-0.39, 0.29) is 0 Å². The van der Waals surface area contributed by atoms with Crippen molar-refractivity contribution in [2.75, 3.05) is 19.6 Å². The van der Waals surface area contributed by atoms with Crippen LogP contribution in [0.4, 0.5) is 68.2 Å². The van der Waals surface area contributed by atoms with Crippen LogP contribution in [0.2, 0.25) is 0 Å². The summed E-state index contributed by atoms with van der Waals surface area (Å²) in [5, 5.41) is 25.6. The number of nitrogens with zero attached hydrogens (tertiary/aromatic N) is 4. The highest BCUT2D eigenvalue weighted by molar-refractivity contribution is 7.27. The first-order valence-electron chi connectivity index (χ1n) is 51.9. The lowest BCUT2D eigenvalue weighted by Gasteiger charge is -2.33. The minimum atomic E-state index is 0.883. The van der Waals surface area contributed by atoms with Crippen molar-refractivity contribution in [2.45, 2.75) is 81.1 Å². The van der Waals surface area contributed by atoms with Gasteiger partial charge in [-0.15, -0.1) is 45.3 Å². The molecule has 0 atom stereocenters. The quantitative estimate of drug-likeness (QED) is 0.0705. The molecule has 4 nitrogen and oxygen atoms in total. The van der Waals surface area contributed by atoms with Crippen LogP contribution in [0.3, 0.4) is 0 Å². The van der Waals surface area contributed by atoms with E-state index in [0.717, 1.165) is 59.8 Å². The Morgan fingerprint density at radius 3 is 0.682 bits per heavy atom. The van der Waals surface area contributed by atoms with Gasteiger partial charge >= 0.3 is 0 Å². The Morgan fingerprint density at radius 2 is 0.412 bits per heavy atom. The molecule has 708 valence electrons. The SMILES string of the molecule is CCc1ccc(-c2cccc3c2sc2ccccc23)c(CC)c1N(c1ccccc1)c1ccc2ccc3c(N(c4ccccc4)c4c(CC)ccc(-c5cccc6c5sc5ccccc56)c4CC)ccc4ccc1c2c43.Cc1ccc(-c2cccc3c2sc2ccccc23)c(C)c1N(c1ccccc1)c1ccc2ccc3c(N(c4ccccc4)c4c(C)ccc(-c5cccc6c5sc5ccccc56)c4C)ccc4ccc1c2c43. The Bertz CT molecular complexity index is 9550. The summed E-state index contributed by atoms with van der Waals surface area (Å²) in [6.07, 6.45) is 3.58. The molecule has 0 fully saturated rings. The average Bonchev–Trinajstić information content (AvgIpc) is 1.06. The number of hydrogen-bond donors (Lipinski definition) is 0. The van der Waals surface area contributed by atoms with Gasteiger partial charge in [0.1, 0.15) is 0 Å². The summed E-state index contributed by atoms with van der Waals surface area (Å²) in [6.45, 7) is 18.5. The molecule has 0 aliphatic rings. The first-order valence-corrected chi connectivity index (χ1v) is 55.2. The maximum absolute atomic E-state index is 2.60. The van der Waals surface area contributed by atoms with Crippen LogP contribution in [0.5, 0.6) is 0 Å². The molecule has 0 saturated heterocycles. The van der Waals surface area contributed by atoms with Crippen LogP contribution < -0.4 is 19.6 Å². The third-order valence-corrected chi connectivity index (χ3v) is 36.3. The molecule has 148 heavy (non-hydrogen) atoms. The number of rotatable bonds is 20. The monoisotopic (exact) mass is 1970 g/mol. The molecule has 0 bridgehead atoms. The minimum Gasteiger partial charge on any atom is -0.309 e. The van der Waals surface area contributed by atoms with Crippen LogP contribution in [-0.4, -0.2) is 0 Å². The van der Waals surface area contributed by atoms with Gasteiger partial charge in [-0.25, -0.2) is 0 Å². The van der Waals surface area contributed by atoms with Crippen molar-refractivity contribution in [2.24, 2.45) is 0 Å². The lowest BCUT2D eigenvalue weighted by molar-refractivity contribution is 1.06. The topological polar surface area (TPSA) is 13.0 Å². The van der Waals surface area contributed by atoms with Gasteiger partial charge < -0.3 is 19.6 Å². The van der Waals surface area contributed by atoms with Crippen molar-refractivity contribution in [1.82, 2.24) is 0 Å². The molecule has 0 aliphatic heterocycles. The Hall–Kier alpha value is -16.6. The maximum Gasteiger partial charge on any atom is 0.0540 e. The van der Waals surface area contributed by atoms with Crippen molar-refractivity contribution < 1.29 is 0 Å². The molecule has 8 heteroatoms. The number of aryl methyl sites for hydroxylation is 4. The molecular formula is C140H104N4S4. The fourth-order valence-corrected chi connectivity index (χ4v) is 29.6. The molecule has 0 spiro atoms. The van der Waals surface area contributed by atoms with Crippen LogP contribution in [0.1, 0.15) is 72.2 Å². The van der Waals surface area contributed by atoms with Gasteiger partial charge in [-0.2, -0.15) is 0 Å². The molecule has 0 aliphatic carbocycles. The molecule has 28 aromatic rings. The normalized spacial score (nSPS) is 11.9. The smallest absolute Gasteiger partial charge is 0.0540 e. The lowest BCUT2D eigenvalue weighted by Crippen LogP contribution is -2.16. The second-order valence-corrected chi connectivity index (χ2v) is 43.6. The van der Waals surface area contributed by atoms with Gasteiger partial charge in [0.25, 0.3) is 0 Å². The minimum absolute atomic E-state index is 0.883. The molecule has 4 heterocycles. The highest BCUT2D eigenvalue weighted by Crippen LogP contribution is 2.58. The second kappa shape index (κ2) is 36.9. The van der Waals surface area contributed by atoms with Crippen molar-refractivity contribution in [3.05, 3.63) is 481 Å². The standard InChI is InChI=1S/C72H56N2S2.C68H48N2S2/c1-5-45-33-39-53(57-27-19-29-59-55-25-15-17-31-65(55)75-71(57)59)51(7-3)69(45)73(49-21-11-9-12-22-49)63-43-37-47-36-42-62-64(44-38-48-35-41-61(63)67(47)68(48)62)74(50-23-13-10-14-24-50)70-46(6-2)34-40-54(52(70)8-4)58-28-20-30-60-56-26-16-18-32-66(56)76-72(58)60;1-41-29-35-49(53-23-15-25-55-51-21-11-13-27-61(51)71-67(53)55)43(3)65(41)69(47-17-7-5-8-18-47)59-39-33-45-32-38-58-60(40-34-46-31-37-57(59)63(45)64(46)58)70(48-19-9-6-10-20-48)66-42(2)30-36-50(44(66)4)54-24-16-26-56-52-22-12-14-28-62(52)72-68(54)56/h9-44H,5-8H2,1-4H3;5-40H,1-4H3. The number of hydrogen-bond acceptors (Lipinski definition) is 8. The van der Waals surface area contributed by atoms with Crippen LogP contribution >= 0.6 is 45.3 Å². The molecule has 0 unspecified atom stereocenters. The van der Waals surface area contributed by atoms with Crippen LogP contribution in [0.15, 0.2) is 437 Å². The fraction of sp³-hybridized carbons (Fsp3) is 0.0857. The predicted octanol–water partition coefficient (Wildman–Crippen LogP) is 42.7. The first-order chi connectivity index (χ1) is 73.0. The summed E-state index contributed by atoms with van der Waals surface area (Å²) < 4.78 is 10.6. The fourth-order valence-electron chi connectivity index (χ4n) is 24.7. The number of anilines is 12. The summed E-state index contributed by atoms with van der Waals surface area (Å²) in [4.78, 5) is 10.2. The predicted molar refractivity (Wildman–Crippen MR) is 649 cm³/mol. The number of fused-ring (bicyclic) bond motifs is 12. The summed E-state index contributed by atoms with van der Waals surface area (Å²) in [7, 11) is 0. The summed E-state index contributed by atoms with van der Waals surface area (Å²) >= 11 is 7.61. The van der Waals surface area contributed by atoms with Gasteiger partial charge in [0.15, 0.2) is 0 Å². The van der Waals surface area contributed by atoms with Gasteiger partial charge in [0, 0.05) is 125 Å². The number of benzene rings is 24. The van der Waals surface area contributed by atoms with E-state index in [4.69, 9.17) is 0 Å². The Morgan fingerprint density at radius 1 is 0.176 bits per heavy atom. The number of para-hydroxylation sites is 4. The highest BCUT2D eigenvalue weighted by Gasteiger charge is 2.33. The third kappa shape index (κ3) is 14.5. The second-order valence-electron chi connectivity index (χ2n) is 39.4. The van der Waals surface area contributed by atoms with Gasteiger partial charge in [-0.3, -0.25) is 0 Å². The molecule has 0 radical (unpaired) electrons. The number of thiophene rings is 4. The van der Waals surface area contributed by atoms with Crippen molar-refractivity contribution in [1.29, 1.82) is 0 Å². The zero-order valence-electron chi connectivity index (χ0n) is 83.8. The van der Waals surface area contributed by atoms with Gasteiger partial charge in [-0.1, -0.05) is 367 Å². The zero-order chi connectivity index (χ0) is 99.2. The molecule has 0 N–H and O–H groups in total. The van der Waals surface area contributed by atoms with Gasteiger partial charge in [0.05, 0.1) is 45.5 Å². The molecule has 0 saturated carbocycles. The molecule has 0 amide bonds. The van der Waals surface area contributed by atoms with Crippen LogP contribution in [-0.2, 0) is 25.7 Å². The Kier molecular flexibility index (Phi) is 22.5. The van der Waals surface area contributed by atoms with Crippen molar-refractivity contribution in [3.63, 3.8) is 0 Å². The Labute approximate surface area is 878 Å². The van der Waals surface area contributed by atoms with E-state index < -0.39 is 0 Å². The molecule has 24 aromatic carbocycles. The summed E-state index contributed by atoms with van der Waals surface area (Å²) in [5.74, 6) is 0. The maximum atomic E-state index is 2.60. The van der Waals surface area contributed by atoms with E-state index in [1.807, 2.05) is 45.3 Å². The highest BCUT2D eigenvalue weighted by atomic mass is 32.1. The van der Waals surface area contributed by atoms with E-state index >= 15 is 0 Å². The molecule has 28 rings (SSSR count). The Balaban J connectivity index is 0.000000146. The first kappa shape index (κ1) is 90.2. The third-order valence-electron chi connectivity index (χ3n) is 31.4. The van der Waals surface area contributed by atoms with Crippen molar-refractivity contribution in [3.8, 4) is 44.5 Å². The molecule has 4 aromatic heterocycles. The zero-order valence-corrected chi connectivity index (χ0v) is 87.1. The van der Waals surface area contributed by atoms with Gasteiger partial charge in [-0.05, 0) is 283 Å². The van der Waals surface area contributed by atoms with E-state index in [0.29, 0.717) is 0 Å². The van der Waals surface area contributed by atoms with Crippen molar-refractivity contribution >= 4 is 259 Å². The molecular weight excluding hydrogens is 1870 g/mol. The lowest BCUT2D eigenvalue weighted by atomic mass is 9.89. The van der Waals surface area contributed by atoms with Crippen LogP contribution in [0, 0.1) is 27.7 Å². The van der Waals surface area contributed by atoms with E-state index in [9.17, 15) is 0 Å².